The smallest absolute Gasteiger partial charge is 0.310 e. The maximum absolute atomic E-state index is 14.3. The van der Waals surface area contributed by atoms with E-state index in [-0.39, 0.29) is 5.39 Å². The molecule has 282 valence electrons. The molecule has 0 atom stereocenters. The maximum Gasteiger partial charge on any atom is 0.417 e. The minimum absolute atomic E-state index is 0.172. The fourth-order valence-corrected chi connectivity index (χ4v) is 9.22. The van der Waals surface area contributed by atoms with E-state index in [4.69, 9.17) is 0 Å². The molecule has 0 saturated carbocycles. The fraction of sp³-hybridized carbons (Fsp3) is 0.0943. The Bertz CT molecular complexity index is 3040. The number of fused-ring (bicyclic) bond motifs is 7. The highest BCUT2D eigenvalue weighted by Crippen LogP contribution is 2.56. The highest BCUT2D eigenvalue weighted by atomic mass is 19.4. The molecule has 0 saturated heterocycles. The van der Waals surface area contributed by atoms with Gasteiger partial charge in [0.15, 0.2) is 0 Å². The molecule has 0 bridgehead atoms. The first kappa shape index (κ1) is 35.6. The Labute approximate surface area is 336 Å². The molecule has 1 aliphatic carbocycles. The lowest BCUT2D eigenvalue weighted by atomic mass is 9.81. The molecule has 1 aliphatic rings. The van der Waals surface area contributed by atoms with Crippen molar-refractivity contribution in [2.75, 3.05) is 9.80 Å². The maximum atomic E-state index is 14.3. The van der Waals surface area contributed by atoms with E-state index < -0.39 is 17.2 Å². The number of alkyl halides is 3. The third-order valence-electron chi connectivity index (χ3n) is 12.0. The summed E-state index contributed by atoms with van der Waals surface area (Å²) in [6.45, 7) is 6.74. The Hall–Kier alpha value is -6.85. The molecule has 0 spiro atoms. The molecule has 2 nitrogen and oxygen atoms in total. The lowest BCUT2D eigenvalue weighted by Gasteiger charge is -2.31. The summed E-state index contributed by atoms with van der Waals surface area (Å²) in [6.07, 6.45) is -4.48. The van der Waals surface area contributed by atoms with Crippen LogP contribution in [-0.4, -0.2) is 0 Å². The van der Waals surface area contributed by atoms with Crippen molar-refractivity contribution in [1.82, 2.24) is 0 Å². The summed E-state index contributed by atoms with van der Waals surface area (Å²) in [6, 6.07) is 60.8. The number of hydrogen-bond acceptors (Lipinski definition) is 2. The number of anilines is 6. The second-order valence-corrected chi connectivity index (χ2v) is 15.7. The van der Waals surface area contributed by atoms with E-state index in [1.54, 1.807) is 30.3 Å². The Morgan fingerprint density at radius 2 is 0.914 bits per heavy atom. The van der Waals surface area contributed by atoms with Gasteiger partial charge in [0, 0.05) is 38.6 Å². The van der Waals surface area contributed by atoms with E-state index in [9.17, 15) is 13.2 Å². The summed E-state index contributed by atoms with van der Waals surface area (Å²) in [5.41, 5.74) is 10.6. The summed E-state index contributed by atoms with van der Waals surface area (Å²) >= 11 is 0. The lowest BCUT2D eigenvalue weighted by Crippen LogP contribution is -2.18. The summed E-state index contributed by atoms with van der Waals surface area (Å²) in [5, 5.41) is 5.41. The van der Waals surface area contributed by atoms with Crippen molar-refractivity contribution in [3.63, 3.8) is 0 Å². The van der Waals surface area contributed by atoms with E-state index in [0.717, 1.165) is 45.0 Å². The first-order valence-electron chi connectivity index (χ1n) is 19.6. The number of rotatable bonds is 6. The van der Waals surface area contributed by atoms with Gasteiger partial charge in [-0.3, -0.25) is 0 Å². The van der Waals surface area contributed by atoms with Crippen LogP contribution in [0.2, 0.25) is 0 Å². The number of aryl methyl sites for hydroxylation is 1. The summed E-state index contributed by atoms with van der Waals surface area (Å²) in [4.78, 5) is 4.49. The summed E-state index contributed by atoms with van der Waals surface area (Å²) < 4.78 is 42.9. The Kier molecular flexibility index (Phi) is 8.20. The van der Waals surface area contributed by atoms with Crippen molar-refractivity contribution >= 4 is 66.4 Å². The van der Waals surface area contributed by atoms with Crippen LogP contribution >= 0.6 is 0 Å². The normalized spacial score (nSPS) is 13.1. The van der Waals surface area contributed by atoms with Crippen LogP contribution in [0.15, 0.2) is 182 Å². The van der Waals surface area contributed by atoms with Crippen LogP contribution in [0.1, 0.15) is 36.1 Å². The Morgan fingerprint density at radius 1 is 0.414 bits per heavy atom. The van der Waals surface area contributed by atoms with Gasteiger partial charge < -0.3 is 9.80 Å². The van der Waals surface area contributed by atoms with E-state index in [2.05, 4.69) is 146 Å². The highest BCUT2D eigenvalue weighted by Gasteiger charge is 2.39. The van der Waals surface area contributed by atoms with Gasteiger partial charge in [-0.15, -0.1) is 0 Å². The third-order valence-corrected chi connectivity index (χ3v) is 12.0. The van der Waals surface area contributed by atoms with Gasteiger partial charge in [0.05, 0.1) is 22.6 Å². The van der Waals surface area contributed by atoms with Crippen LogP contribution < -0.4 is 9.80 Å². The van der Waals surface area contributed by atoms with Crippen molar-refractivity contribution in [2.24, 2.45) is 0 Å². The van der Waals surface area contributed by atoms with Crippen molar-refractivity contribution in [3.8, 4) is 11.1 Å². The van der Waals surface area contributed by atoms with Gasteiger partial charge in [-0.25, -0.2) is 0 Å². The van der Waals surface area contributed by atoms with Crippen molar-refractivity contribution in [1.29, 1.82) is 0 Å². The zero-order valence-corrected chi connectivity index (χ0v) is 32.3. The molecule has 0 fully saturated rings. The average molecular weight is 761 g/mol. The average Bonchev–Trinajstić information content (AvgIpc) is 3.47. The monoisotopic (exact) mass is 760 g/mol. The van der Waals surface area contributed by atoms with Crippen LogP contribution in [0.3, 0.4) is 0 Å². The largest absolute Gasteiger partial charge is 0.417 e. The van der Waals surface area contributed by atoms with Crippen LogP contribution in [0.4, 0.5) is 47.3 Å². The van der Waals surface area contributed by atoms with Gasteiger partial charge in [0.2, 0.25) is 0 Å². The number of halogens is 3. The van der Waals surface area contributed by atoms with E-state index in [1.165, 1.54) is 38.9 Å². The van der Waals surface area contributed by atoms with Gasteiger partial charge in [-0.1, -0.05) is 135 Å². The second kappa shape index (κ2) is 13.4. The molecule has 0 heterocycles. The third kappa shape index (κ3) is 5.56. The molecule has 0 N–H and O–H groups in total. The van der Waals surface area contributed by atoms with Crippen LogP contribution in [-0.2, 0) is 11.6 Å². The quantitative estimate of drug-likeness (QED) is 0.167. The van der Waals surface area contributed by atoms with E-state index >= 15 is 0 Å². The van der Waals surface area contributed by atoms with E-state index in [0.29, 0.717) is 11.1 Å². The fourth-order valence-electron chi connectivity index (χ4n) is 9.22. The van der Waals surface area contributed by atoms with Crippen molar-refractivity contribution in [3.05, 3.63) is 204 Å². The van der Waals surface area contributed by atoms with Gasteiger partial charge in [0.1, 0.15) is 0 Å². The highest BCUT2D eigenvalue weighted by molar-refractivity contribution is 6.12. The summed E-state index contributed by atoms with van der Waals surface area (Å²) in [7, 11) is 0. The molecule has 0 aliphatic heterocycles. The van der Waals surface area contributed by atoms with Crippen LogP contribution in [0, 0.1) is 6.92 Å². The Morgan fingerprint density at radius 3 is 1.55 bits per heavy atom. The SMILES string of the molecule is Cc1ccc(N(c2ccccc2)c2cc3c(c4ccccc24)-c2ccc(N(c4ccccc4)c4ccc(C(F)(F)F)c5ccccc45)cc2C3(C)C)c2ccccc12. The van der Waals surface area contributed by atoms with Crippen LogP contribution in [0.5, 0.6) is 0 Å². The number of para-hydroxylation sites is 2. The van der Waals surface area contributed by atoms with Crippen molar-refractivity contribution < 1.29 is 13.2 Å². The topological polar surface area (TPSA) is 6.48 Å². The summed E-state index contributed by atoms with van der Waals surface area (Å²) in [5.74, 6) is 0. The van der Waals surface area contributed by atoms with E-state index in [1.807, 2.05) is 30.3 Å². The predicted molar refractivity (Wildman–Crippen MR) is 236 cm³/mol. The minimum Gasteiger partial charge on any atom is -0.310 e. The number of nitrogens with zero attached hydrogens (tertiary/aromatic N) is 2. The molecule has 9 aromatic rings. The number of hydrogen-bond donors (Lipinski definition) is 0. The molecule has 0 aromatic heterocycles. The Balaban J connectivity index is 1.20. The van der Waals surface area contributed by atoms with Gasteiger partial charge in [-0.05, 0) is 112 Å². The molecule has 0 amide bonds. The van der Waals surface area contributed by atoms with Gasteiger partial charge >= 0.3 is 6.18 Å². The lowest BCUT2D eigenvalue weighted by molar-refractivity contribution is -0.136. The molecule has 10 rings (SSSR count). The van der Waals surface area contributed by atoms with Gasteiger partial charge in [-0.2, -0.15) is 13.2 Å². The zero-order chi connectivity index (χ0) is 39.8. The number of benzene rings is 9. The molecular weight excluding hydrogens is 722 g/mol. The second-order valence-electron chi connectivity index (χ2n) is 15.7. The molecule has 9 aromatic carbocycles. The standard InChI is InChI=1S/C53H39F3N2/c1-34-26-30-49(40-22-12-10-20-38(34)40)58(36-18-8-5-9-19-36)50-33-47-51(43-25-15-14-24-42(43)50)44-28-27-37(32-46(44)52(47,2)3)57(35-16-6-4-7-17-35)48-31-29-45(53(54,55)56)39-21-11-13-23-41(39)48/h4-33H,1-3H3. The first-order valence-corrected chi connectivity index (χ1v) is 19.6. The molecular formula is C53H39F3N2. The molecule has 5 heteroatoms. The molecule has 0 unspecified atom stereocenters. The first-order chi connectivity index (χ1) is 28.1. The van der Waals surface area contributed by atoms with Gasteiger partial charge in [0.25, 0.3) is 0 Å². The zero-order valence-electron chi connectivity index (χ0n) is 32.3. The molecule has 58 heavy (non-hydrogen) atoms. The van der Waals surface area contributed by atoms with Crippen molar-refractivity contribution in [2.45, 2.75) is 32.4 Å². The predicted octanol–water partition coefficient (Wildman–Crippen LogP) is 15.7. The van der Waals surface area contributed by atoms with Crippen LogP contribution in [0.25, 0.3) is 43.4 Å². The molecule has 0 radical (unpaired) electrons. The minimum atomic E-state index is -4.48.